The Bertz CT molecular complexity index is 2140. The number of nitrogens with two attached hydrogens (primary N) is 2. The minimum absolute atomic E-state index is 0.0239. The van der Waals surface area contributed by atoms with Gasteiger partial charge < -0.3 is 60.7 Å². The van der Waals surface area contributed by atoms with Crippen LogP contribution in [0.25, 0.3) is 11.2 Å². The van der Waals surface area contributed by atoms with Gasteiger partial charge in [-0.3, -0.25) is 38.1 Å². The Labute approximate surface area is 301 Å². The Kier molecular flexibility index (Phi) is 11.4. The zero-order valence-corrected chi connectivity index (χ0v) is 30.5. The average Bonchev–Trinajstić information content (AvgIpc) is 3.71. The second-order valence-corrected chi connectivity index (χ2v) is 16.7. The molecule has 0 spiro atoms. The number of morpholine rings is 1. The summed E-state index contributed by atoms with van der Waals surface area (Å²) in [5.41, 5.74) is 9.96. The number of hydrogen-bond acceptors (Lipinski definition) is 22. The Morgan fingerprint density at radius 1 is 0.926 bits per heavy atom. The molecule has 3 aromatic rings. The molecule has 54 heavy (non-hydrogen) atoms. The van der Waals surface area contributed by atoms with E-state index in [2.05, 4.69) is 38.1 Å². The van der Waals surface area contributed by atoms with Gasteiger partial charge in [-0.2, -0.15) is 18.6 Å². The Morgan fingerprint density at radius 3 is 2.26 bits per heavy atom. The van der Waals surface area contributed by atoms with Gasteiger partial charge in [0.1, 0.15) is 30.2 Å². The van der Waals surface area contributed by atoms with Gasteiger partial charge in [0.05, 0.1) is 38.9 Å². The number of phosphoric acid groups is 3. The number of fused-ring (bicyclic) bond motifs is 2. The molecule has 6 rings (SSSR count). The number of aliphatic hydroxyl groups excluding tert-OH is 3. The van der Waals surface area contributed by atoms with Crippen LogP contribution in [0, 0.1) is 0 Å². The number of hydrogen-bond donors (Lipinski definition) is 10. The van der Waals surface area contributed by atoms with Crippen LogP contribution in [0.3, 0.4) is 0 Å². The van der Waals surface area contributed by atoms with Gasteiger partial charge in [0.15, 0.2) is 23.2 Å². The van der Waals surface area contributed by atoms with Crippen molar-refractivity contribution in [2.45, 2.75) is 36.9 Å². The molecule has 6 heterocycles. The predicted molar refractivity (Wildman–Crippen MR) is 179 cm³/mol. The lowest BCUT2D eigenvalue weighted by molar-refractivity contribution is -0.103. The number of aliphatic hydroxyl groups is 3. The molecule has 3 aliphatic heterocycles. The van der Waals surface area contributed by atoms with E-state index in [-0.39, 0.29) is 67.5 Å². The molecule has 28 nitrogen and oxygen atoms in total. The summed E-state index contributed by atoms with van der Waals surface area (Å²) in [5, 5.41) is 30.6. The van der Waals surface area contributed by atoms with Crippen molar-refractivity contribution in [3.05, 3.63) is 27.0 Å². The van der Waals surface area contributed by atoms with E-state index in [1.807, 2.05) is 0 Å². The smallest absolute Gasteiger partial charge is 0.395 e. The van der Waals surface area contributed by atoms with Crippen molar-refractivity contribution in [3.8, 4) is 0 Å². The van der Waals surface area contributed by atoms with Crippen LogP contribution in [0.15, 0.2) is 15.9 Å². The monoisotopic (exact) mass is 831 g/mol. The van der Waals surface area contributed by atoms with E-state index in [0.29, 0.717) is 0 Å². The first-order chi connectivity index (χ1) is 25.3. The summed E-state index contributed by atoms with van der Waals surface area (Å²) in [7, 11) is -15.5. The quantitative estimate of drug-likeness (QED) is 0.0698. The van der Waals surface area contributed by atoms with Gasteiger partial charge in [-0.15, -0.1) is 0 Å². The van der Waals surface area contributed by atoms with E-state index in [4.69, 9.17) is 25.5 Å². The zero-order valence-electron chi connectivity index (χ0n) is 27.8. The third-order valence-electron chi connectivity index (χ3n) is 8.20. The molecular weight excluding hydrogens is 795 g/mol. The number of imidazole rings is 1. The van der Waals surface area contributed by atoms with E-state index >= 15 is 0 Å². The summed E-state index contributed by atoms with van der Waals surface area (Å²) in [6.45, 7) is -1.64. The lowest BCUT2D eigenvalue weighted by atomic mass is 10.1. The van der Waals surface area contributed by atoms with Gasteiger partial charge in [-0.25, -0.2) is 18.7 Å². The topological polar surface area (TPSA) is 399 Å². The third kappa shape index (κ3) is 8.69. The first-order valence-electron chi connectivity index (χ1n) is 15.6. The number of phosphoric ester groups is 2. The maximum atomic E-state index is 12.7. The van der Waals surface area contributed by atoms with Crippen LogP contribution in [-0.4, -0.2) is 148 Å². The van der Waals surface area contributed by atoms with Crippen LogP contribution in [-0.2, 0) is 40.8 Å². The summed E-state index contributed by atoms with van der Waals surface area (Å²) >= 11 is 0. The first kappa shape index (κ1) is 40.3. The Hall–Kier alpha value is -3.40. The molecule has 0 aliphatic carbocycles. The summed E-state index contributed by atoms with van der Waals surface area (Å²) in [6, 6.07) is 0. The molecule has 3 unspecified atom stereocenters. The highest BCUT2D eigenvalue weighted by molar-refractivity contribution is 7.66. The van der Waals surface area contributed by atoms with Gasteiger partial charge in [-0.1, -0.05) is 0 Å². The molecule has 3 aromatic heterocycles. The summed E-state index contributed by atoms with van der Waals surface area (Å²) in [4.78, 5) is 76.4. The molecule has 9 atom stereocenters. The molecule has 12 N–H and O–H groups in total. The SMILES string of the molecule is CN1CN([C@H]2CN(CCO)C[C@@H](COP(=O)(O)OP(=O)(O)OP(=O)(O)OC[C@H]3O[C@@H](n4cnc5c(=O)[nH]c(N)nc54)[C@H](O)[C@@H]3O)O2)c2nc(N)[nH]c(=O)c21. The second kappa shape index (κ2) is 15.3. The number of β-amino-alcohol motifs (C(OH)–C–C–N with tert-alkyl or cyclic N) is 1. The largest absolute Gasteiger partial charge is 0.490 e. The summed E-state index contributed by atoms with van der Waals surface area (Å²) in [5.74, 6) is -0.262. The molecule has 0 aromatic carbocycles. The van der Waals surface area contributed by atoms with Crippen LogP contribution < -0.4 is 32.4 Å². The van der Waals surface area contributed by atoms with Crippen molar-refractivity contribution in [2.75, 3.05) is 74.4 Å². The van der Waals surface area contributed by atoms with Gasteiger partial charge in [0.2, 0.25) is 11.9 Å². The van der Waals surface area contributed by atoms with Crippen LogP contribution >= 0.6 is 23.5 Å². The molecule has 2 fully saturated rings. The van der Waals surface area contributed by atoms with E-state index in [1.54, 1.807) is 21.7 Å². The molecule has 0 saturated carbocycles. The maximum absolute atomic E-state index is 12.7. The van der Waals surface area contributed by atoms with Gasteiger partial charge in [0, 0.05) is 26.7 Å². The highest BCUT2D eigenvalue weighted by atomic mass is 31.3. The molecular formula is C23H36N11O17P3. The van der Waals surface area contributed by atoms with Crippen LogP contribution in [0.1, 0.15) is 6.23 Å². The number of nitrogens with one attached hydrogen (secondary N) is 2. The van der Waals surface area contributed by atoms with Crippen molar-refractivity contribution >= 4 is 58.0 Å². The molecule has 3 aliphatic rings. The minimum atomic E-state index is -5.93. The average molecular weight is 832 g/mol. The lowest BCUT2D eigenvalue weighted by Crippen LogP contribution is -2.56. The number of aromatic nitrogens is 6. The number of nitrogens with zero attached hydrogens (tertiary/aromatic N) is 7. The zero-order chi connectivity index (χ0) is 39.3. The van der Waals surface area contributed by atoms with Gasteiger partial charge in [-0.05, 0) is 0 Å². The predicted octanol–water partition coefficient (Wildman–Crippen LogP) is -3.71. The number of nitrogen functional groups attached to an aromatic ring is 2. The molecule has 0 bridgehead atoms. The first-order valence-corrected chi connectivity index (χ1v) is 20.1. The normalized spacial score (nSPS) is 28.2. The summed E-state index contributed by atoms with van der Waals surface area (Å²) < 4.78 is 68.2. The van der Waals surface area contributed by atoms with Crippen LogP contribution in [0.4, 0.5) is 23.4 Å². The fourth-order valence-corrected chi connectivity index (χ4v) is 9.52. The number of aromatic amines is 2. The van der Waals surface area contributed by atoms with Crippen molar-refractivity contribution in [1.82, 2.24) is 34.4 Å². The van der Waals surface area contributed by atoms with Gasteiger partial charge in [0.25, 0.3) is 11.1 Å². The van der Waals surface area contributed by atoms with Gasteiger partial charge >= 0.3 is 23.5 Å². The molecule has 300 valence electrons. The molecule has 2 saturated heterocycles. The van der Waals surface area contributed by atoms with E-state index in [1.165, 1.54) is 0 Å². The second-order valence-electron chi connectivity index (χ2n) is 12.1. The lowest BCUT2D eigenvalue weighted by Gasteiger charge is -2.41. The van der Waals surface area contributed by atoms with E-state index < -0.39 is 84.7 Å². The van der Waals surface area contributed by atoms with Crippen molar-refractivity contribution in [2.24, 2.45) is 0 Å². The minimum Gasteiger partial charge on any atom is -0.395 e. The number of H-pyrrole nitrogens is 2. The fourth-order valence-electron chi connectivity index (χ4n) is 5.98. The Morgan fingerprint density at radius 2 is 1.57 bits per heavy atom. The van der Waals surface area contributed by atoms with Crippen LogP contribution in [0.5, 0.6) is 0 Å². The Balaban J connectivity index is 1.04. The van der Waals surface area contributed by atoms with E-state index in [0.717, 1.165) is 10.9 Å². The molecule has 0 radical (unpaired) electrons. The highest BCUT2D eigenvalue weighted by Gasteiger charge is 2.48. The number of rotatable bonds is 14. The standard InChI is InChI=1S/C23H36N11O17P3/c1-31-9-34(18-14(31)20(39)30-23(25)28-18)12-5-32(2-3-35)4-10(48-12)6-46-52(40,41)50-54(44,45)51-53(42,43)47-7-11-15(36)16(37)21(49-11)33-8-26-13-17(33)27-22(24)29-19(13)38/h8,10-12,15-16,21,35-37H,2-7,9H2,1H3,(H,40,41)(H,42,43)(H,44,45)(H3,24,27,29,38)(H3,25,28,30,39)/t10-,11+,12+,15+,16+,21+/m0/s1. The fraction of sp³-hybridized carbons (Fsp3) is 0.609. The van der Waals surface area contributed by atoms with Crippen molar-refractivity contribution in [1.29, 1.82) is 0 Å². The number of ether oxygens (including phenoxy) is 2. The molecule has 0 amide bonds. The number of anilines is 4. The maximum Gasteiger partial charge on any atom is 0.490 e. The molecule has 31 heteroatoms. The highest BCUT2D eigenvalue weighted by Crippen LogP contribution is 2.67. The van der Waals surface area contributed by atoms with Crippen molar-refractivity contribution < 1.29 is 70.8 Å². The van der Waals surface area contributed by atoms with Crippen molar-refractivity contribution in [3.63, 3.8) is 0 Å². The third-order valence-corrected chi connectivity index (χ3v) is 12.5. The van der Waals surface area contributed by atoms with E-state index in [9.17, 15) is 53.3 Å². The van der Waals surface area contributed by atoms with Crippen LogP contribution in [0.2, 0.25) is 0 Å². The summed E-state index contributed by atoms with van der Waals surface area (Å²) in [6.07, 6.45) is -7.47.